The van der Waals surface area contributed by atoms with Crippen LogP contribution >= 0.6 is 0 Å². The fourth-order valence-corrected chi connectivity index (χ4v) is 3.25. The van der Waals surface area contributed by atoms with Crippen LogP contribution in [0.15, 0.2) is 77.3 Å². The topological polar surface area (TPSA) is 95.7 Å². The van der Waals surface area contributed by atoms with Crippen LogP contribution in [0.5, 0.6) is 17.2 Å². The van der Waals surface area contributed by atoms with E-state index in [4.69, 9.17) is 18.7 Å². The van der Waals surface area contributed by atoms with Crippen molar-refractivity contribution in [1.29, 1.82) is 0 Å². The van der Waals surface area contributed by atoms with Crippen LogP contribution < -0.4 is 19.5 Å². The Kier molecular flexibility index (Phi) is 7.39. The summed E-state index contributed by atoms with van der Waals surface area (Å²) in [6, 6.07) is 22.5. The molecule has 0 spiro atoms. The largest absolute Gasteiger partial charge is 0.497 e. The summed E-state index contributed by atoms with van der Waals surface area (Å²) in [5.74, 6) is 2.56. The molecule has 174 valence electrons. The number of aromatic nitrogens is 2. The fraction of sp³-hybridized carbons (Fsp3) is 0.192. The average molecular weight is 460 g/mol. The maximum Gasteiger partial charge on any atom is 0.227 e. The van der Waals surface area contributed by atoms with Gasteiger partial charge in [0.15, 0.2) is 11.5 Å². The zero-order valence-electron chi connectivity index (χ0n) is 19.0. The quantitative estimate of drug-likeness (QED) is 0.360. The van der Waals surface area contributed by atoms with Crippen molar-refractivity contribution >= 4 is 11.6 Å². The first kappa shape index (κ1) is 22.8. The number of benzene rings is 3. The third-order valence-corrected chi connectivity index (χ3v) is 5.07. The molecule has 4 aromatic rings. The first-order valence-electron chi connectivity index (χ1n) is 10.8. The number of nitrogens with one attached hydrogen (secondary N) is 1. The molecule has 1 amide bonds. The van der Waals surface area contributed by atoms with Gasteiger partial charge in [-0.05, 0) is 48.0 Å². The number of carbonyl (C=O) groups excluding carboxylic acids is 1. The fourth-order valence-electron chi connectivity index (χ4n) is 3.25. The Morgan fingerprint density at radius 2 is 1.74 bits per heavy atom. The van der Waals surface area contributed by atoms with Gasteiger partial charge >= 0.3 is 0 Å². The number of hydrogen-bond acceptors (Lipinski definition) is 7. The number of methoxy groups -OCH3 is 2. The van der Waals surface area contributed by atoms with Gasteiger partial charge in [0.1, 0.15) is 12.4 Å². The van der Waals surface area contributed by atoms with Crippen molar-refractivity contribution in [3.8, 4) is 28.6 Å². The molecule has 3 aromatic carbocycles. The highest BCUT2D eigenvalue weighted by Crippen LogP contribution is 2.32. The number of amides is 1. The minimum atomic E-state index is -0.147. The van der Waals surface area contributed by atoms with E-state index in [0.717, 1.165) is 16.9 Å². The number of ether oxygens (including phenoxy) is 3. The van der Waals surface area contributed by atoms with E-state index in [0.29, 0.717) is 41.9 Å². The predicted octanol–water partition coefficient (Wildman–Crippen LogP) is 4.90. The molecule has 0 aliphatic rings. The van der Waals surface area contributed by atoms with E-state index in [1.807, 2.05) is 42.5 Å². The third-order valence-electron chi connectivity index (χ3n) is 5.07. The van der Waals surface area contributed by atoms with Crippen LogP contribution in [0.3, 0.4) is 0 Å². The Balaban J connectivity index is 1.34. The molecule has 4 rings (SSSR count). The van der Waals surface area contributed by atoms with Gasteiger partial charge in [0.25, 0.3) is 0 Å². The molecule has 0 atom stereocenters. The van der Waals surface area contributed by atoms with Gasteiger partial charge in [0.05, 0.1) is 14.2 Å². The Labute approximate surface area is 197 Å². The Bertz CT molecular complexity index is 1220. The Morgan fingerprint density at radius 1 is 0.941 bits per heavy atom. The zero-order valence-corrected chi connectivity index (χ0v) is 19.0. The van der Waals surface area contributed by atoms with E-state index in [-0.39, 0.29) is 12.3 Å². The first-order valence-corrected chi connectivity index (χ1v) is 10.8. The monoisotopic (exact) mass is 459 g/mol. The van der Waals surface area contributed by atoms with Gasteiger partial charge in [-0.2, -0.15) is 4.98 Å². The summed E-state index contributed by atoms with van der Waals surface area (Å²) in [6.45, 7) is 0.432. The van der Waals surface area contributed by atoms with Crippen LogP contribution in [0, 0.1) is 0 Å². The van der Waals surface area contributed by atoms with E-state index < -0.39 is 0 Å². The van der Waals surface area contributed by atoms with Crippen molar-refractivity contribution in [3.05, 3.63) is 84.3 Å². The highest BCUT2D eigenvalue weighted by atomic mass is 16.5. The number of hydrogen-bond donors (Lipinski definition) is 1. The van der Waals surface area contributed by atoms with Gasteiger partial charge in [-0.3, -0.25) is 4.79 Å². The molecule has 0 bridgehead atoms. The van der Waals surface area contributed by atoms with Gasteiger partial charge in [-0.1, -0.05) is 35.5 Å². The van der Waals surface area contributed by atoms with Crippen molar-refractivity contribution in [2.45, 2.75) is 19.4 Å². The molecule has 0 aliphatic carbocycles. The molecule has 0 unspecified atom stereocenters. The lowest BCUT2D eigenvalue weighted by Crippen LogP contribution is -2.12. The maximum absolute atomic E-state index is 12.2. The molecule has 1 aromatic heterocycles. The molecule has 0 saturated carbocycles. The van der Waals surface area contributed by atoms with Crippen molar-refractivity contribution in [2.24, 2.45) is 0 Å². The second-order valence-corrected chi connectivity index (χ2v) is 7.43. The predicted molar refractivity (Wildman–Crippen MR) is 127 cm³/mol. The van der Waals surface area contributed by atoms with E-state index in [1.165, 1.54) is 0 Å². The highest BCUT2D eigenvalue weighted by Gasteiger charge is 2.14. The minimum absolute atomic E-state index is 0.147. The second-order valence-electron chi connectivity index (χ2n) is 7.43. The maximum atomic E-state index is 12.2. The van der Waals surface area contributed by atoms with Gasteiger partial charge in [0.2, 0.25) is 17.6 Å². The van der Waals surface area contributed by atoms with Crippen molar-refractivity contribution in [3.63, 3.8) is 0 Å². The lowest BCUT2D eigenvalue weighted by atomic mass is 10.2. The van der Waals surface area contributed by atoms with Crippen LogP contribution in [0.4, 0.5) is 5.69 Å². The lowest BCUT2D eigenvalue weighted by Gasteiger charge is -2.11. The second kappa shape index (κ2) is 11.0. The first-order chi connectivity index (χ1) is 16.6. The number of anilines is 1. The molecule has 0 fully saturated rings. The molecule has 1 N–H and O–H groups in total. The molecule has 0 saturated heterocycles. The molecule has 0 radical (unpaired) electrons. The van der Waals surface area contributed by atoms with Crippen LogP contribution in [0.2, 0.25) is 0 Å². The standard InChI is InChI=1S/C26H25N3O5/c1-31-21-11-9-20(10-12-21)27-24(30)14-15-25-28-26(29-34-25)19-8-13-22(23(16-19)32-2)33-17-18-6-4-3-5-7-18/h3-13,16H,14-15,17H2,1-2H3,(H,27,30). The SMILES string of the molecule is COc1ccc(NC(=O)CCc2nc(-c3ccc(OCc4ccccc4)c(OC)c3)no2)cc1. The van der Waals surface area contributed by atoms with Crippen molar-refractivity contribution < 1.29 is 23.5 Å². The summed E-state index contributed by atoms with van der Waals surface area (Å²) in [7, 11) is 3.17. The lowest BCUT2D eigenvalue weighted by molar-refractivity contribution is -0.116. The number of nitrogens with zero attached hydrogens (tertiary/aromatic N) is 2. The Hall–Kier alpha value is -4.33. The summed E-state index contributed by atoms with van der Waals surface area (Å²) in [5.41, 5.74) is 2.48. The van der Waals surface area contributed by atoms with Crippen molar-refractivity contribution in [1.82, 2.24) is 10.1 Å². The number of carbonyl (C=O) groups is 1. The van der Waals surface area contributed by atoms with E-state index in [9.17, 15) is 4.79 Å². The van der Waals surface area contributed by atoms with Gasteiger partial charge in [0, 0.05) is 24.1 Å². The summed E-state index contributed by atoms with van der Waals surface area (Å²) >= 11 is 0. The molecule has 0 aliphatic heterocycles. The van der Waals surface area contributed by atoms with E-state index in [2.05, 4.69) is 15.5 Å². The molecule has 1 heterocycles. The average Bonchev–Trinajstić information content (AvgIpc) is 3.36. The Morgan fingerprint density at radius 3 is 2.47 bits per heavy atom. The zero-order chi connectivity index (χ0) is 23.8. The minimum Gasteiger partial charge on any atom is -0.497 e. The molecule has 34 heavy (non-hydrogen) atoms. The van der Waals surface area contributed by atoms with Crippen LogP contribution in [0.1, 0.15) is 17.9 Å². The van der Waals surface area contributed by atoms with E-state index in [1.54, 1.807) is 44.6 Å². The number of rotatable bonds is 10. The normalized spacial score (nSPS) is 10.5. The van der Waals surface area contributed by atoms with Crippen LogP contribution in [0.25, 0.3) is 11.4 Å². The van der Waals surface area contributed by atoms with Gasteiger partial charge < -0.3 is 24.1 Å². The smallest absolute Gasteiger partial charge is 0.227 e. The van der Waals surface area contributed by atoms with E-state index >= 15 is 0 Å². The number of aryl methyl sites for hydroxylation is 1. The third kappa shape index (κ3) is 5.92. The summed E-state index contributed by atoms with van der Waals surface area (Å²) < 4.78 is 21.8. The summed E-state index contributed by atoms with van der Waals surface area (Å²) in [5, 5.41) is 6.87. The van der Waals surface area contributed by atoms with Gasteiger partial charge in [-0.15, -0.1) is 0 Å². The summed E-state index contributed by atoms with van der Waals surface area (Å²) in [6.07, 6.45) is 0.535. The van der Waals surface area contributed by atoms with Gasteiger partial charge in [-0.25, -0.2) is 0 Å². The summed E-state index contributed by atoms with van der Waals surface area (Å²) in [4.78, 5) is 16.6. The molecule has 8 heteroatoms. The van der Waals surface area contributed by atoms with Crippen LogP contribution in [-0.2, 0) is 17.8 Å². The van der Waals surface area contributed by atoms with Crippen molar-refractivity contribution in [2.75, 3.05) is 19.5 Å². The molecule has 8 nitrogen and oxygen atoms in total. The molecular weight excluding hydrogens is 434 g/mol. The highest BCUT2D eigenvalue weighted by molar-refractivity contribution is 5.90. The molecular formula is C26H25N3O5. The van der Waals surface area contributed by atoms with Crippen LogP contribution in [-0.4, -0.2) is 30.3 Å².